The van der Waals surface area contributed by atoms with Crippen LogP contribution < -0.4 is 65.9 Å². The van der Waals surface area contributed by atoms with Crippen molar-refractivity contribution in [2.24, 2.45) is 39.6 Å². The number of benzene rings is 1. The lowest BCUT2D eigenvalue weighted by Crippen LogP contribution is -2.61. The lowest BCUT2D eigenvalue weighted by molar-refractivity contribution is -0.142. The Morgan fingerprint density at radius 1 is 0.821 bits per heavy atom. The Morgan fingerprint density at radius 3 is 2.19 bits per heavy atom. The molecule has 3 fully saturated rings. The predicted octanol–water partition coefficient (Wildman–Crippen LogP) is -2.06. The third-order valence-corrected chi connectivity index (χ3v) is 17.4. The molecule has 1 aliphatic carbocycles. The first-order valence-corrected chi connectivity index (χ1v) is 28.6. The number of amides is 11. The summed E-state index contributed by atoms with van der Waals surface area (Å²) in [6.45, 7) is 3.14. The summed E-state index contributed by atoms with van der Waals surface area (Å²) in [5.74, 6) is -9.80. The summed E-state index contributed by atoms with van der Waals surface area (Å²) in [6, 6.07) is -2.17. The van der Waals surface area contributed by atoms with Gasteiger partial charge in [0.05, 0.1) is 13.0 Å². The largest absolute Gasteiger partial charge is 0.370 e. The Balaban J connectivity index is 1.53. The number of likely N-dealkylation sites (tertiary alicyclic amines) is 1. The third-order valence-electron chi connectivity index (χ3n) is 14.1. The van der Waals surface area contributed by atoms with Crippen LogP contribution in [-0.2, 0) is 59.2 Å². The minimum atomic E-state index is -1.75. The van der Waals surface area contributed by atoms with Gasteiger partial charge in [0.1, 0.15) is 42.3 Å². The number of guanidine groups is 1. The monoisotopic (exact) mass is 1130 g/mol. The topological polar surface area (TPSA) is 433 Å². The average Bonchev–Trinajstić information content (AvgIpc) is 4.07. The zero-order valence-electron chi connectivity index (χ0n) is 44.0. The fourth-order valence-corrected chi connectivity index (χ4v) is 13.1. The standard InChI is InChI=1S/C50H75N15O11S2/c1-3-27(2)41-47(75)61-32(15-16-37(51)66)43(71)62-34(22-38(52)67)44(72)63-35(48(76)65-20-10-14-36(65)46(74)60-31(13-9-19-56-49(54)55)42(70)58-25-39(53)68)26-77-78-50(17-7-4-8-18-50)23-40(69)59-33(45(73)64-41)21-28-24-57-30-12-6-5-11-29(28)30/h5-6,11-12,24,27,31-36,41,57H,3-4,7-10,13-23,25-26H2,1-2H3,(H2,51,66)(H2,52,67)(H2,53,68)(H,58,70)(H,59,69)(H,60,74)(H,61,75)(H,62,71)(H,63,72)(H,64,73)(H4,54,55,56)/t27-,31+,32-,33+,34-,35-,36-,41-/m0/s1. The van der Waals surface area contributed by atoms with Crippen molar-refractivity contribution in [3.05, 3.63) is 36.0 Å². The molecular formula is C50H75N15O11S2. The van der Waals surface area contributed by atoms with E-state index in [1.165, 1.54) is 26.5 Å². The number of carbonyl (C=O) groups is 11. The highest BCUT2D eigenvalue weighted by molar-refractivity contribution is 8.77. The van der Waals surface area contributed by atoms with Gasteiger partial charge >= 0.3 is 0 Å². The number of para-hydroxylation sites is 1. The molecule has 0 bridgehead atoms. The zero-order valence-corrected chi connectivity index (χ0v) is 45.7. The average molecular weight is 1130 g/mol. The number of hydrogen-bond donors (Lipinski definition) is 13. The van der Waals surface area contributed by atoms with E-state index in [0.717, 1.165) is 35.7 Å². The number of aromatic amines is 1. The second kappa shape index (κ2) is 29.6. The molecule has 2 aliphatic heterocycles. The number of nitrogens with two attached hydrogens (primary N) is 5. The van der Waals surface area contributed by atoms with Gasteiger partial charge in [-0.2, -0.15) is 0 Å². The van der Waals surface area contributed by atoms with Gasteiger partial charge in [-0.3, -0.25) is 57.7 Å². The first-order chi connectivity index (χ1) is 37.1. The highest BCUT2D eigenvalue weighted by Crippen LogP contribution is 2.48. The number of aliphatic imine (C=N–C) groups is 1. The SMILES string of the molecule is CC[C@H](C)[C@@H]1NC(=O)[C@@H](Cc2c[nH]c3ccccc23)NC(=O)CC2(CCCCC2)SSC[C@@H](C(=O)N2CCC[C@H]2C(=O)N[C@H](CCCN=C(N)N)C(=O)NCC(N)=O)NC(=O)[C@H](CC(N)=O)NC(=O)[C@H](CCC(N)=O)NC1=O. The van der Waals surface area contributed by atoms with Gasteiger partial charge in [-0.1, -0.05) is 79.3 Å². The number of rotatable bonds is 19. The van der Waals surface area contributed by atoms with Crippen molar-refractivity contribution in [1.29, 1.82) is 0 Å². The first kappa shape index (κ1) is 61.7. The second-order valence-corrected chi connectivity index (χ2v) is 22.9. The van der Waals surface area contributed by atoms with E-state index < -0.39 is 137 Å². The van der Waals surface area contributed by atoms with Crippen molar-refractivity contribution in [2.45, 2.75) is 157 Å². The molecule has 3 aliphatic rings. The Bertz CT molecular complexity index is 2550. The normalized spacial score (nSPS) is 23.5. The molecule has 2 saturated heterocycles. The lowest BCUT2D eigenvalue weighted by atomic mass is 9.85. The maximum absolute atomic E-state index is 14.9. The van der Waals surface area contributed by atoms with Gasteiger partial charge in [0, 0.05) is 60.0 Å². The molecule has 5 rings (SSSR count). The first-order valence-electron chi connectivity index (χ1n) is 26.3. The van der Waals surface area contributed by atoms with Crippen LogP contribution in [0.1, 0.15) is 109 Å². The highest BCUT2D eigenvalue weighted by atomic mass is 33.1. The van der Waals surface area contributed by atoms with E-state index >= 15 is 0 Å². The van der Waals surface area contributed by atoms with Crippen molar-refractivity contribution >= 4 is 103 Å². The van der Waals surface area contributed by atoms with E-state index in [1.807, 2.05) is 24.3 Å². The van der Waals surface area contributed by atoms with E-state index in [4.69, 9.17) is 28.7 Å². The Labute approximate surface area is 459 Å². The van der Waals surface area contributed by atoms with Crippen molar-refractivity contribution in [3.8, 4) is 0 Å². The molecule has 1 spiro atoms. The molecule has 428 valence electrons. The van der Waals surface area contributed by atoms with Crippen molar-refractivity contribution in [3.63, 3.8) is 0 Å². The summed E-state index contributed by atoms with van der Waals surface area (Å²) >= 11 is 0. The molecule has 28 heteroatoms. The van der Waals surface area contributed by atoms with Gasteiger partial charge in [0.2, 0.25) is 65.0 Å². The molecular weight excluding hydrogens is 1050 g/mol. The zero-order chi connectivity index (χ0) is 57.1. The second-order valence-electron chi connectivity index (χ2n) is 20.1. The van der Waals surface area contributed by atoms with Gasteiger partial charge < -0.3 is 75.8 Å². The maximum atomic E-state index is 14.9. The van der Waals surface area contributed by atoms with Crippen LogP contribution in [0.2, 0.25) is 0 Å². The number of nitrogens with zero attached hydrogens (tertiary/aromatic N) is 2. The van der Waals surface area contributed by atoms with Gasteiger partial charge in [-0.25, -0.2) is 0 Å². The number of H-pyrrole nitrogens is 1. The molecule has 1 saturated carbocycles. The summed E-state index contributed by atoms with van der Waals surface area (Å²) in [5.41, 5.74) is 28.8. The van der Waals surface area contributed by atoms with Crippen LogP contribution in [-0.4, -0.2) is 153 Å². The van der Waals surface area contributed by atoms with Gasteiger partial charge in [0.25, 0.3) is 0 Å². The number of nitrogens with one attached hydrogen (secondary N) is 8. The summed E-state index contributed by atoms with van der Waals surface area (Å²) < 4.78 is -0.726. The minimum Gasteiger partial charge on any atom is -0.370 e. The Morgan fingerprint density at radius 2 is 1.51 bits per heavy atom. The predicted molar refractivity (Wildman–Crippen MR) is 293 cm³/mol. The van der Waals surface area contributed by atoms with E-state index in [-0.39, 0.29) is 63.3 Å². The Kier molecular flexibility index (Phi) is 23.4. The summed E-state index contributed by atoms with van der Waals surface area (Å²) in [7, 11) is 2.54. The molecule has 1 aromatic heterocycles. The molecule has 78 heavy (non-hydrogen) atoms. The van der Waals surface area contributed by atoms with Crippen LogP contribution in [0.15, 0.2) is 35.5 Å². The molecule has 26 nitrogen and oxygen atoms in total. The molecule has 18 N–H and O–H groups in total. The fraction of sp³-hybridized carbons (Fsp3) is 0.600. The van der Waals surface area contributed by atoms with Gasteiger partial charge in [0.15, 0.2) is 5.96 Å². The van der Waals surface area contributed by atoms with Crippen LogP contribution in [0.25, 0.3) is 10.9 Å². The van der Waals surface area contributed by atoms with Crippen molar-refractivity contribution < 1.29 is 52.7 Å². The molecule has 8 atom stereocenters. The molecule has 3 heterocycles. The number of primary amides is 3. The van der Waals surface area contributed by atoms with Gasteiger partial charge in [-0.05, 0) is 62.5 Å². The number of fused-ring (bicyclic) bond motifs is 1. The molecule has 2 aromatic rings. The van der Waals surface area contributed by atoms with E-state index in [2.05, 4.69) is 47.2 Å². The summed E-state index contributed by atoms with van der Waals surface area (Å²) in [5, 5.41) is 19.4. The van der Waals surface area contributed by atoms with E-state index in [9.17, 15) is 52.7 Å². The molecule has 0 radical (unpaired) electrons. The summed E-state index contributed by atoms with van der Waals surface area (Å²) in [4.78, 5) is 159. The summed E-state index contributed by atoms with van der Waals surface area (Å²) in [6.07, 6.45) is 4.84. The molecule has 11 amide bonds. The van der Waals surface area contributed by atoms with Crippen LogP contribution in [0.4, 0.5) is 0 Å². The van der Waals surface area contributed by atoms with Crippen LogP contribution in [0.3, 0.4) is 0 Å². The smallest absolute Gasteiger partial charge is 0.246 e. The highest BCUT2D eigenvalue weighted by Gasteiger charge is 2.42. The number of hydrogen-bond acceptors (Lipinski definition) is 14. The van der Waals surface area contributed by atoms with E-state index in [0.29, 0.717) is 25.7 Å². The quantitative estimate of drug-likeness (QED) is 0.0311. The maximum Gasteiger partial charge on any atom is 0.246 e. The van der Waals surface area contributed by atoms with Crippen molar-refractivity contribution in [1.82, 2.24) is 47.1 Å². The minimum absolute atomic E-state index is 0.0243. The number of aromatic nitrogens is 1. The lowest BCUT2D eigenvalue weighted by Gasteiger charge is -2.37. The van der Waals surface area contributed by atoms with Crippen LogP contribution >= 0.6 is 21.6 Å². The molecule has 0 unspecified atom stereocenters. The Hall–Kier alpha value is -7.10. The van der Waals surface area contributed by atoms with Crippen LogP contribution in [0, 0.1) is 5.92 Å². The van der Waals surface area contributed by atoms with Crippen LogP contribution in [0.5, 0.6) is 0 Å². The fourth-order valence-electron chi connectivity index (χ4n) is 9.72. The molecule has 1 aromatic carbocycles. The van der Waals surface area contributed by atoms with Crippen molar-refractivity contribution in [2.75, 3.05) is 25.4 Å². The third kappa shape index (κ3) is 18.3. The van der Waals surface area contributed by atoms with E-state index in [1.54, 1.807) is 20.0 Å². The van der Waals surface area contributed by atoms with Gasteiger partial charge in [-0.15, -0.1) is 0 Å². The number of carbonyl (C=O) groups excluding carboxylic acids is 11.